The van der Waals surface area contributed by atoms with Gasteiger partial charge >= 0.3 is 0 Å². The number of hydrogen-bond acceptors (Lipinski definition) is 4. The predicted molar refractivity (Wildman–Crippen MR) is 156 cm³/mol. The van der Waals surface area contributed by atoms with Crippen molar-refractivity contribution in [2.24, 2.45) is 0 Å². The van der Waals surface area contributed by atoms with Crippen LogP contribution in [-0.4, -0.2) is 53.0 Å². The summed E-state index contributed by atoms with van der Waals surface area (Å²) >= 11 is 0. The summed E-state index contributed by atoms with van der Waals surface area (Å²) in [5, 5.41) is 0. The molecule has 4 aromatic rings. The monoisotopic (exact) mass is 539 g/mol. The summed E-state index contributed by atoms with van der Waals surface area (Å²) in [6, 6.07) is 29.1. The fourth-order valence-corrected chi connectivity index (χ4v) is 4.59. The second-order valence-corrected chi connectivity index (χ2v) is 9.98. The molecule has 0 spiro atoms. The number of aromatic nitrogens is 1. The Morgan fingerprint density at radius 3 is 1.95 bits per heavy atom. The predicted octanol–water partition coefficient (Wildman–Crippen LogP) is 5.63. The number of hydrogen-bond donors (Lipinski definition) is 0. The Bertz CT molecular complexity index is 1380. The van der Waals surface area contributed by atoms with E-state index in [-0.39, 0.29) is 24.4 Å². The van der Waals surface area contributed by atoms with Gasteiger partial charge in [0.1, 0.15) is 18.0 Å². The molecule has 0 saturated heterocycles. The van der Waals surface area contributed by atoms with Gasteiger partial charge in [0.2, 0.25) is 5.91 Å². The number of rotatable bonds is 12. The smallest absolute Gasteiger partial charge is 0.254 e. The van der Waals surface area contributed by atoms with E-state index in [4.69, 9.17) is 9.47 Å². The number of carbonyl (C=O) groups excluding carboxylic acids is 2. The van der Waals surface area contributed by atoms with Crippen LogP contribution < -0.4 is 9.47 Å². The summed E-state index contributed by atoms with van der Waals surface area (Å²) in [5.74, 6) is 0.645. The van der Waals surface area contributed by atoms with Crippen molar-refractivity contribution < 1.29 is 19.1 Å². The first-order chi connectivity index (χ1) is 19.4. The molecule has 0 bridgehead atoms. The molecule has 4 rings (SSSR count). The molecule has 0 N–H and O–H groups in total. The molecule has 0 atom stereocenters. The van der Waals surface area contributed by atoms with E-state index in [1.807, 2.05) is 85.6 Å². The van der Waals surface area contributed by atoms with E-state index in [1.54, 1.807) is 37.3 Å². The van der Waals surface area contributed by atoms with Crippen LogP contribution in [-0.2, 0) is 24.4 Å². The topological polar surface area (TPSA) is 64.0 Å². The lowest BCUT2D eigenvalue weighted by Gasteiger charge is -2.30. The van der Waals surface area contributed by atoms with E-state index in [1.165, 1.54) is 5.56 Å². The van der Waals surface area contributed by atoms with E-state index < -0.39 is 0 Å². The van der Waals surface area contributed by atoms with Crippen molar-refractivity contribution in [2.45, 2.75) is 39.5 Å². The molecule has 208 valence electrons. The lowest BCUT2D eigenvalue weighted by atomic mass is 10.1. The third-order valence-corrected chi connectivity index (χ3v) is 6.83. The summed E-state index contributed by atoms with van der Waals surface area (Å²) < 4.78 is 12.9. The Hall–Kier alpha value is -4.52. The number of methoxy groups -OCH3 is 2. The normalized spacial score (nSPS) is 10.8. The first kappa shape index (κ1) is 28.5. The van der Waals surface area contributed by atoms with Crippen LogP contribution in [0.3, 0.4) is 0 Å². The van der Waals surface area contributed by atoms with Crippen molar-refractivity contribution in [3.8, 4) is 11.5 Å². The molecule has 1 heterocycles. The zero-order valence-electron chi connectivity index (χ0n) is 23.6. The van der Waals surface area contributed by atoms with Crippen LogP contribution in [0.1, 0.15) is 41.0 Å². The highest BCUT2D eigenvalue weighted by Crippen LogP contribution is 2.24. The third-order valence-electron chi connectivity index (χ3n) is 6.83. The minimum absolute atomic E-state index is 0.0533. The molecule has 7 nitrogen and oxygen atoms in total. The minimum atomic E-state index is -0.257. The number of nitrogens with zero attached hydrogens (tertiary/aromatic N) is 3. The minimum Gasteiger partial charge on any atom is -0.497 e. The molecule has 3 aromatic carbocycles. The molecule has 0 saturated carbocycles. The number of amides is 2. The van der Waals surface area contributed by atoms with Gasteiger partial charge in [0.15, 0.2) is 0 Å². The van der Waals surface area contributed by atoms with Crippen molar-refractivity contribution in [3.63, 3.8) is 0 Å². The Morgan fingerprint density at radius 1 is 0.775 bits per heavy atom. The third kappa shape index (κ3) is 7.32. The molecule has 0 radical (unpaired) electrons. The largest absolute Gasteiger partial charge is 0.497 e. The van der Waals surface area contributed by atoms with E-state index in [2.05, 4.69) is 16.7 Å². The molecule has 7 heteroatoms. The van der Waals surface area contributed by atoms with E-state index >= 15 is 0 Å². The summed E-state index contributed by atoms with van der Waals surface area (Å²) in [6.45, 7) is 5.33. The molecular weight excluding hydrogens is 502 g/mol. The lowest BCUT2D eigenvalue weighted by molar-refractivity contribution is -0.133. The van der Waals surface area contributed by atoms with Crippen LogP contribution in [0.5, 0.6) is 11.5 Å². The van der Waals surface area contributed by atoms with Crippen molar-refractivity contribution in [1.29, 1.82) is 0 Å². The molecular formula is C33H37N3O4. The van der Waals surface area contributed by atoms with Crippen LogP contribution in [0.15, 0.2) is 97.2 Å². The molecule has 0 unspecified atom stereocenters. The maximum atomic E-state index is 13.9. The van der Waals surface area contributed by atoms with E-state index in [0.29, 0.717) is 36.7 Å². The van der Waals surface area contributed by atoms with Gasteiger partial charge in [-0.05, 0) is 49.2 Å². The zero-order valence-corrected chi connectivity index (χ0v) is 23.6. The van der Waals surface area contributed by atoms with Gasteiger partial charge in [-0.1, -0.05) is 60.7 Å². The average molecular weight is 540 g/mol. The Kier molecular flexibility index (Phi) is 9.62. The van der Waals surface area contributed by atoms with Crippen LogP contribution in [0.25, 0.3) is 0 Å². The molecule has 0 aliphatic carbocycles. The highest BCUT2D eigenvalue weighted by Gasteiger charge is 2.26. The summed E-state index contributed by atoms with van der Waals surface area (Å²) in [4.78, 5) is 31.0. The van der Waals surface area contributed by atoms with Crippen LogP contribution in [0.2, 0.25) is 0 Å². The van der Waals surface area contributed by atoms with Crippen molar-refractivity contribution in [1.82, 2.24) is 14.4 Å². The quantitative estimate of drug-likeness (QED) is 0.234. The van der Waals surface area contributed by atoms with Gasteiger partial charge in [-0.3, -0.25) is 9.59 Å². The maximum absolute atomic E-state index is 13.9. The molecule has 40 heavy (non-hydrogen) atoms. The maximum Gasteiger partial charge on any atom is 0.254 e. The van der Waals surface area contributed by atoms with Gasteiger partial charge in [-0.25, -0.2) is 0 Å². The van der Waals surface area contributed by atoms with Gasteiger partial charge in [0, 0.05) is 42.7 Å². The standard InChI is InChI=1S/C33H37N3O4/c1-25(2)36(33(38)28-18-30(39-3)20-31(19-28)40-4)24-32(37)35(22-27-14-9-6-10-15-27)23-29-16-11-17-34(29)21-26-12-7-5-8-13-26/h5-20,25H,21-24H2,1-4H3. The molecule has 0 aliphatic rings. The van der Waals surface area contributed by atoms with Gasteiger partial charge in [-0.15, -0.1) is 0 Å². The molecule has 2 amide bonds. The second kappa shape index (κ2) is 13.5. The van der Waals surface area contributed by atoms with Crippen LogP contribution in [0.4, 0.5) is 0 Å². The van der Waals surface area contributed by atoms with Gasteiger partial charge in [0.05, 0.1) is 20.8 Å². The first-order valence-electron chi connectivity index (χ1n) is 13.4. The average Bonchev–Trinajstić information content (AvgIpc) is 3.41. The number of carbonyl (C=O) groups is 2. The van der Waals surface area contributed by atoms with Crippen molar-refractivity contribution in [3.05, 3.63) is 120 Å². The van der Waals surface area contributed by atoms with Gasteiger partial charge < -0.3 is 23.8 Å². The Labute approximate surface area is 236 Å². The zero-order chi connectivity index (χ0) is 28.5. The first-order valence-corrected chi connectivity index (χ1v) is 13.4. The van der Waals surface area contributed by atoms with Crippen molar-refractivity contribution in [2.75, 3.05) is 20.8 Å². The molecule has 1 aromatic heterocycles. The summed E-state index contributed by atoms with van der Waals surface area (Å²) in [7, 11) is 3.09. The van der Waals surface area contributed by atoms with Gasteiger partial charge in [-0.2, -0.15) is 0 Å². The van der Waals surface area contributed by atoms with Gasteiger partial charge in [0.25, 0.3) is 5.91 Å². The van der Waals surface area contributed by atoms with Crippen LogP contribution in [0, 0.1) is 0 Å². The fraction of sp³-hybridized carbons (Fsp3) is 0.273. The summed E-state index contributed by atoms with van der Waals surface area (Å²) in [6.07, 6.45) is 2.04. The van der Waals surface area contributed by atoms with Crippen molar-refractivity contribution >= 4 is 11.8 Å². The lowest BCUT2D eigenvalue weighted by Crippen LogP contribution is -2.45. The van der Waals surface area contributed by atoms with Crippen LogP contribution >= 0.6 is 0 Å². The molecule has 0 aliphatic heterocycles. The van der Waals surface area contributed by atoms with E-state index in [9.17, 15) is 9.59 Å². The number of ether oxygens (including phenoxy) is 2. The number of benzene rings is 3. The second-order valence-electron chi connectivity index (χ2n) is 9.98. The van der Waals surface area contributed by atoms with E-state index in [0.717, 1.165) is 11.3 Å². The Morgan fingerprint density at radius 2 is 1.38 bits per heavy atom. The highest BCUT2D eigenvalue weighted by molar-refractivity contribution is 5.97. The SMILES string of the molecule is COc1cc(OC)cc(C(=O)N(CC(=O)N(Cc2ccccc2)Cc2cccn2Cc2ccccc2)C(C)C)c1. The summed E-state index contributed by atoms with van der Waals surface area (Å²) in [5.41, 5.74) is 3.64. The fourth-order valence-electron chi connectivity index (χ4n) is 4.59. The highest BCUT2D eigenvalue weighted by atomic mass is 16.5. The Balaban J connectivity index is 1.58. The molecule has 0 fully saturated rings.